The van der Waals surface area contributed by atoms with Crippen molar-refractivity contribution in [1.29, 1.82) is 0 Å². The number of phenolic OH excluding ortho intramolecular Hbond substituents is 2. The van der Waals surface area contributed by atoms with Gasteiger partial charge >= 0.3 is 0 Å². The van der Waals surface area contributed by atoms with Gasteiger partial charge in [0.2, 0.25) is 0 Å². The molecule has 0 spiro atoms. The summed E-state index contributed by atoms with van der Waals surface area (Å²) in [6.07, 6.45) is 1.66. The van der Waals surface area contributed by atoms with Gasteiger partial charge in [-0.25, -0.2) is 0 Å². The monoisotopic (exact) mass is 249 g/mol. The quantitative estimate of drug-likeness (QED) is 0.639. The van der Waals surface area contributed by atoms with Crippen molar-refractivity contribution in [3.63, 3.8) is 0 Å². The van der Waals surface area contributed by atoms with Crippen molar-refractivity contribution in [1.82, 2.24) is 4.90 Å². The number of hydrogen-bond acceptors (Lipinski definition) is 3. The summed E-state index contributed by atoms with van der Waals surface area (Å²) in [6.45, 7) is 9.83. The Morgan fingerprint density at radius 2 is 1.94 bits per heavy atom. The van der Waals surface area contributed by atoms with Crippen LogP contribution in [0.4, 0.5) is 0 Å². The van der Waals surface area contributed by atoms with E-state index in [0.717, 1.165) is 0 Å². The van der Waals surface area contributed by atoms with Crippen molar-refractivity contribution >= 4 is 5.91 Å². The number of nitrogens with zero attached hydrogens (tertiary/aromatic N) is 1. The Kier molecular flexibility index (Phi) is 4.01. The van der Waals surface area contributed by atoms with Crippen LogP contribution in [0.25, 0.3) is 0 Å². The van der Waals surface area contributed by atoms with Crippen LogP contribution in [0.15, 0.2) is 30.9 Å². The summed E-state index contributed by atoms with van der Waals surface area (Å²) in [4.78, 5) is 14.0. The van der Waals surface area contributed by atoms with Crippen molar-refractivity contribution in [3.05, 3.63) is 36.4 Å². The lowest BCUT2D eigenvalue weighted by Crippen LogP contribution is -2.45. The van der Waals surface area contributed by atoms with Crippen LogP contribution in [0.2, 0.25) is 0 Å². The molecule has 0 aliphatic carbocycles. The summed E-state index contributed by atoms with van der Waals surface area (Å²) in [5.41, 5.74) is -0.0132. The second-order valence-electron chi connectivity index (χ2n) is 5.08. The summed E-state index contributed by atoms with van der Waals surface area (Å²) in [5, 5.41) is 18.7. The lowest BCUT2D eigenvalue weighted by Gasteiger charge is -2.35. The highest BCUT2D eigenvalue weighted by Gasteiger charge is 2.26. The smallest absolute Gasteiger partial charge is 0.254 e. The van der Waals surface area contributed by atoms with Gasteiger partial charge in [0.25, 0.3) is 5.91 Å². The number of carbonyl (C=O) groups is 1. The molecule has 4 nitrogen and oxygen atoms in total. The van der Waals surface area contributed by atoms with Gasteiger partial charge in [0.15, 0.2) is 11.5 Å². The maximum atomic E-state index is 12.3. The molecule has 2 N–H and O–H groups in total. The van der Waals surface area contributed by atoms with Crippen LogP contribution < -0.4 is 0 Å². The van der Waals surface area contributed by atoms with Gasteiger partial charge in [-0.15, -0.1) is 6.58 Å². The van der Waals surface area contributed by atoms with Crippen molar-refractivity contribution in [2.24, 2.45) is 0 Å². The third-order valence-corrected chi connectivity index (χ3v) is 2.59. The van der Waals surface area contributed by atoms with Crippen LogP contribution in [-0.2, 0) is 0 Å². The van der Waals surface area contributed by atoms with E-state index >= 15 is 0 Å². The number of rotatable bonds is 3. The number of hydrogen-bond donors (Lipinski definition) is 2. The lowest BCUT2D eigenvalue weighted by atomic mass is 10.0. The molecule has 0 aromatic heterocycles. The zero-order valence-electron chi connectivity index (χ0n) is 11.0. The minimum atomic E-state index is -0.348. The van der Waals surface area contributed by atoms with Gasteiger partial charge in [-0.1, -0.05) is 6.08 Å². The Morgan fingerprint density at radius 1 is 1.33 bits per heavy atom. The predicted molar refractivity (Wildman–Crippen MR) is 70.8 cm³/mol. The Morgan fingerprint density at radius 3 is 2.39 bits per heavy atom. The number of phenols is 2. The first-order valence-electron chi connectivity index (χ1n) is 5.72. The summed E-state index contributed by atoms with van der Waals surface area (Å²) in [6, 6.07) is 4.05. The van der Waals surface area contributed by atoms with Crippen LogP contribution in [0.3, 0.4) is 0 Å². The standard InChI is InChI=1S/C14H19NO3/c1-5-8-15(14(2,3)4)13(18)10-6-7-11(16)12(17)9-10/h5-7,9,16-17H,1,8H2,2-4H3. The molecule has 0 saturated heterocycles. The van der Waals surface area contributed by atoms with E-state index in [-0.39, 0.29) is 22.9 Å². The Labute approximate surface area is 107 Å². The van der Waals surface area contributed by atoms with Gasteiger partial charge in [-0.05, 0) is 39.0 Å². The number of amides is 1. The molecule has 98 valence electrons. The van der Waals surface area contributed by atoms with Gasteiger partial charge in [0.1, 0.15) is 0 Å². The van der Waals surface area contributed by atoms with E-state index in [4.69, 9.17) is 0 Å². The highest BCUT2D eigenvalue weighted by molar-refractivity contribution is 5.95. The van der Waals surface area contributed by atoms with E-state index in [1.807, 2.05) is 20.8 Å². The molecule has 0 aliphatic rings. The molecular formula is C14H19NO3. The zero-order chi connectivity index (χ0) is 13.9. The first-order valence-corrected chi connectivity index (χ1v) is 5.72. The van der Waals surface area contributed by atoms with Crippen molar-refractivity contribution in [3.8, 4) is 11.5 Å². The third-order valence-electron chi connectivity index (χ3n) is 2.59. The predicted octanol–water partition coefficient (Wildman–Crippen LogP) is 2.52. The summed E-state index contributed by atoms with van der Waals surface area (Å²) < 4.78 is 0. The molecule has 0 radical (unpaired) electrons. The minimum Gasteiger partial charge on any atom is -0.504 e. The van der Waals surface area contributed by atoms with Gasteiger partial charge in [0, 0.05) is 17.6 Å². The average Bonchev–Trinajstić information content (AvgIpc) is 2.27. The number of aromatic hydroxyl groups is 2. The number of carbonyl (C=O) groups excluding carboxylic acids is 1. The molecule has 1 aromatic carbocycles. The molecule has 4 heteroatoms. The fourth-order valence-corrected chi connectivity index (χ4v) is 1.60. The van der Waals surface area contributed by atoms with Crippen LogP contribution in [0.1, 0.15) is 31.1 Å². The molecular weight excluding hydrogens is 230 g/mol. The van der Waals surface area contributed by atoms with E-state index in [9.17, 15) is 15.0 Å². The summed E-state index contributed by atoms with van der Waals surface area (Å²) in [7, 11) is 0. The van der Waals surface area contributed by atoms with E-state index < -0.39 is 0 Å². The second-order valence-corrected chi connectivity index (χ2v) is 5.08. The SMILES string of the molecule is C=CCN(C(=O)c1ccc(O)c(O)c1)C(C)(C)C. The van der Waals surface area contributed by atoms with E-state index in [2.05, 4.69) is 6.58 Å². The molecule has 0 aliphatic heterocycles. The molecule has 1 amide bonds. The van der Waals surface area contributed by atoms with Crippen LogP contribution in [0, 0.1) is 0 Å². The minimum absolute atomic E-state index is 0.210. The average molecular weight is 249 g/mol. The molecule has 0 unspecified atom stereocenters. The van der Waals surface area contributed by atoms with Crippen LogP contribution in [-0.4, -0.2) is 33.1 Å². The summed E-state index contributed by atoms with van der Waals surface area (Å²) >= 11 is 0. The molecule has 0 atom stereocenters. The fourth-order valence-electron chi connectivity index (χ4n) is 1.60. The molecule has 0 fully saturated rings. The molecule has 1 aromatic rings. The van der Waals surface area contributed by atoms with E-state index in [0.29, 0.717) is 12.1 Å². The fraction of sp³-hybridized carbons (Fsp3) is 0.357. The maximum absolute atomic E-state index is 12.3. The topological polar surface area (TPSA) is 60.8 Å². The van der Waals surface area contributed by atoms with Crippen LogP contribution in [0.5, 0.6) is 11.5 Å². The van der Waals surface area contributed by atoms with E-state index in [1.54, 1.807) is 11.0 Å². The highest BCUT2D eigenvalue weighted by atomic mass is 16.3. The second kappa shape index (κ2) is 5.12. The van der Waals surface area contributed by atoms with Crippen molar-refractivity contribution < 1.29 is 15.0 Å². The molecule has 0 saturated carbocycles. The normalized spacial score (nSPS) is 11.1. The van der Waals surface area contributed by atoms with Crippen molar-refractivity contribution in [2.45, 2.75) is 26.3 Å². The van der Waals surface area contributed by atoms with Crippen molar-refractivity contribution in [2.75, 3.05) is 6.54 Å². The third kappa shape index (κ3) is 3.03. The molecule has 18 heavy (non-hydrogen) atoms. The molecule has 1 rings (SSSR count). The largest absolute Gasteiger partial charge is 0.504 e. The summed E-state index contributed by atoms with van der Waals surface area (Å²) in [5.74, 6) is -0.747. The van der Waals surface area contributed by atoms with Gasteiger partial charge < -0.3 is 15.1 Å². The van der Waals surface area contributed by atoms with Gasteiger partial charge in [-0.2, -0.15) is 0 Å². The maximum Gasteiger partial charge on any atom is 0.254 e. The number of benzene rings is 1. The van der Waals surface area contributed by atoms with Crippen LogP contribution >= 0.6 is 0 Å². The van der Waals surface area contributed by atoms with E-state index in [1.165, 1.54) is 18.2 Å². The Bertz CT molecular complexity index is 461. The Hall–Kier alpha value is -1.97. The highest BCUT2D eigenvalue weighted by Crippen LogP contribution is 2.26. The lowest BCUT2D eigenvalue weighted by molar-refractivity contribution is 0.0616. The first kappa shape index (κ1) is 14.1. The Balaban J connectivity index is 3.09. The first-order chi connectivity index (χ1) is 8.27. The molecule has 0 bridgehead atoms. The zero-order valence-corrected chi connectivity index (χ0v) is 11.0. The molecule has 0 heterocycles. The van der Waals surface area contributed by atoms with Gasteiger partial charge in [-0.3, -0.25) is 4.79 Å². The van der Waals surface area contributed by atoms with Gasteiger partial charge in [0.05, 0.1) is 0 Å².